The normalized spacial score (nSPS) is 26.6. The molecular weight excluding hydrogens is 266 g/mol. The Kier molecular flexibility index (Phi) is 3.14. The Bertz CT molecular complexity index is 541. The number of amides is 1. The average molecular weight is 281 g/mol. The molecule has 2 fully saturated rings. The average Bonchev–Trinajstić information content (AvgIpc) is 2.93. The number of carbonyl (C=O) groups is 2. The predicted octanol–water partition coefficient (Wildman–Crippen LogP) is -1.92. The zero-order chi connectivity index (χ0) is 14.3. The lowest BCUT2D eigenvalue weighted by atomic mass is 10.2. The second kappa shape index (κ2) is 4.84. The van der Waals surface area contributed by atoms with Crippen molar-refractivity contribution in [3.05, 3.63) is 11.9 Å². The molecule has 2 atom stereocenters. The highest BCUT2D eigenvalue weighted by Crippen LogP contribution is 2.20. The van der Waals surface area contributed by atoms with Crippen LogP contribution in [0.4, 0.5) is 0 Å². The Morgan fingerprint density at radius 1 is 1.40 bits per heavy atom. The summed E-state index contributed by atoms with van der Waals surface area (Å²) < 4.78 is 1.60. The molecule has 3 rings (SSSR count). The van der Waals surface area contributed by atoms with Crippen molar-refractivity contribution in [3.8, 4) is 0 Å². The predicted molar refractivity (Wildman–Crippen MR) is 65.0 cm³/mol. The van der Waals surface area contributed by atoms with Gasteiger partial charge in [0.05, 0.1) is 18.3 Å². The lowest BCUT2D eigenvalue weighted by Gasteiger charge is -2.26. The van der Waals surface area contributed by atoms with Crippen molar-refractivity contribution in [1.82, 2.24) is 25.2 Å². The number of aliphatic hydroxyl groups excluding tert-OH is 1. The monoisotopic (exact) mass is 281 g/mol. The number of β-amino-alcohol motifs (C(OH)–C–C–N with tert-alkyl or cyclic N) is 1. The first-order chi connectivity index (χ1) is 9.56. The first-order valence-corrected chi connectivity index (χ1v) is 6.40. The molecular formula is C11H15N5O4. The van der Waals surface area contributed by atoms with E-state index in [1.807, 2.05) is 0 Å². The van der Waals surface area contributed by atoms with Gasteiger partial charge in [0, 0.05) is 26.1 Å². The smallest absolute Gasteiger partial charge is 0.326 e. The molecule has 2 saturated heterocycles. The maximum absolute atomic E-state index is 12.3. The third-order valence-electron chi connectivity index (χ3n) is 3.69. The van der Waals surface area contributed by atoms with Gasteiger partial charge in [-0.2, -0.15) is 0 Å². The van der Waals surface area contributed by atoms with Gasteiger partial charge in [-0.25, -0.2) is 9.48 Å². The number of nitrogens with one attached hydrogen (secondary N) is 1. The van der Waals surface area contributed by atoms with E-state index in [-0.39, 0.29) is 24.7 Å². The number of aliphatic hydroxyl groups is 1. The van der Waals surface area contributed by atoms with E-state index in [4.69, 9.17) is 5.11 Å². The summed E-state index contributed by atoms with van der Waals surface area (Å²) in [5, 5.41) is 29.4. The molecule has 0 saturated carbocycles. The molecule has 0 aromatic carbocycles. The van der Waals surface area contributed by atoms with Gasteiger partial charge in [-0.1, -0.05) is 5.21 Å². The molecule has 1 aromatic rings. The van der Waals surface area contributed by atoms with E-state index in [0.717, 1.165) is 18.0 Å². The summed E-state index contributed by atoms with van der Waals surface area (Å²) in [5.41, 5.74) is 0.109. The van der Waals surface area contributed by atoms with Crippen LogP contribution >= 0.6 is 0 Å². The molecule has 2 aliphatic heterocycles. The summed E-state index contributed by atoms with van der Waals surface area (Å²) in [6.07, 6.45) is 0.755. The van der Waals surface area contributed by atoms with Gasteiger partial charge in [0.2, 0.25) is 0 Å². The zero-order valence-corrected chi connectivity index (χ0v) is 10.6. The van der Waals surface area contributed by atoms with Crippen LogP contribution in [0.1, 0.15) is 23.0 Å². The number of aliphatic carboxylic acids is 1. The molecule has 9 heteroatoms. The zero-order valence-electron chi connectivity index (χ0n) is 10.6. The van der Waals surface area contributed by atoms with Crippen LogP contribution in [0, 0.1) is 0 Å². The van der Waals surface area contributed by atoms with E-state index in [1.54, 1.807) is 4.68 Å². The van der Waals surface area contributed by atoms with Crippen LogP contribution in [-0.4, -0.2) is 73.8 Å². The number of rotatable bonds is 3. The maximum atomic E-state index is 12.3. The van der Waals surface area contributed by atoms with Gasteiger partial charge >= 0.3 is 5.97 Å². The van der Waals surface area contributed by atoms with Crippen molar-refractivity contribution in [2.24, 2.45) is 0 Å². The Morgan fingerprint density at radius 3 is 2.75 bits per heavy atom. The van der Waals surface area contributed by atoms with Crippen LogP contribution in [0.2, 0.25) is 0 Å². The molecule has 2 aliphatic rings. The maximum Gasteiger partial charge on any atom is 0.326 e. The molecule has 0 radical (unpaired) electrons. The standard InChI is InChI=1S/C11H15N5O4/c17-7-1-9(11(19)20)15(4-7)10(18)8-5-16(14-13-8)6-2-12-3-6/h5-7,9,12,17H,1-4H2,(H,19,20). The molecule has 3 N–H and O–H groups in total. The minimum absolute atomic E-state index is 0.00758. The fourth-order valence-electron chi connectivity index (χ4n) is 2.43. The van der Waals surface area contributed by atoms with Crippen molar-refractivity contribution in [2.45, 2.75) is 24.6 Å². The van der Waals surface area contributed by atoms with Crippen molar-refractivity contribution < 1.29 is 19.8 Å². The van der Waals surface area contributed by atoms with E-state index in [1.165, 1.54) is 6.20 Å². The van der Waals surface area contributed by atoms with Crippen molar-refractivity contribution >= 4 is 11.9 Å². The quantitative estimate of drug-likeness (QED) is 0.590. The van der Waals surface area contributed by atoms with E-state index in [0.29, 0.717) is 0 Å². The van der Waals surface area contributed by atoms with Gasteiger partial charge in [-0.3, -0.25) is 4.79 Å². The van der Waals surface area contributed by atoms with Crippen molar-refractivity contribution in [1.29, 1.82) is 0 Å². The first-order valence-electron chi connectivity index (χ1n) is 6.40. The molecule has 2 unspecified atom stereocenters. The number of aromatic nitrogens is 3. The summed E-state index contributed by atoms with van der Waals surface area (Å²) in [5.74, 6) is -1.63. The summed E-state index contributed by atoms with van der Waals surface area (Å²) in [4.78, 5) is 24.5. The molecule has 20 heavy (non-hydrogen) atoms. The van der Waals surface area contributed by atoms with Crippen LogP contribution in [-0.2, 0) is 4.79 Å². The molecule has 1 aromatic heterocycles. The van der Waals surface area contributed by atoms with Crippen molar-refractivity contribution in [3.63, 3.8) is 0 Å². The topological polar surface area (TPSA) is 121 Å². The van der Waals surface area contributed by atoms with Gasteiger partial charge in [-0.05, 0) is 0 Å². The van der Waals surface area contributed by atoms with Crippen LogP contribution in [0.15, 0.2) is 6.20 Å². The Hall–Kier alpha value is -2.00. The first kappa shape index (κ1) is 13.0. The second-order valence-corrected chi connectivity index (χ2v) is 5.10. The summed E-state index contributed by atoms with van der Waals surface area (Å²) in [7, 11) is 0. The number of carbonyl (C=O) groups excluding carboxylic acids is 1. The Labute approximate surface area is 114 Å². The minimum Gasteiger partial charge on any atom is -0.480 e. The molecule has 3 heterocycles. The molecule has 0 spiro atoms. The van der Waals surface area contributed by atoms with E-state index >= 15 is 0 Å². The summed E-state index contributed by atoms with van der Waals surface area (Å²) >= 11 is 0. The summed E-state index contributed by atoms with van der Waals surface area (Å²) in [6, 6.07) is -0.823. The van der Waals surface area contributed by atoms with Crippen molar-refractivity contribution in [2.75, 3.05) is 19.6 Å². The largest absolute Gasteiger partial charge is 0.480 e. The van der Waals surface area contributed by atoms with Crippen LogP contribution in [0.5, 0.6) is 0 Å². The fourth-order valence-corrected chi connectivity index (χ4v) is 2.43. The molecule has 0 bridgehead atoms. The lowest BCUT2D eigenvalue weighted by molar-refractivity contribution is -0.141. The number of likely N-dealkylation sites (tertiary alicyclic amines) is 1. The van der Waals surface area contributed by atoms with Crippen LogP contribution < -0.4 is 5.32 Å². The van der Waals surface area contributed by atoms with Gasteiger partial charge in [0.15, 0.2) is 5.69 Å². The number of carboxylic acid groups (broad SMARTS) is 1. The third-order valence-corrected chi connectivity index (χ3v) is 3.69. The lowest BCUT2D eigenvalue weighted by Crippen LogP contribution is -2.43. The number of hydrogen-bond acceptors (Lipinski definition) is 6. The fraction of sp³-hybridized carbons (Fsp3) is 0.636. The van der Waals surface area contributed by atoms with Gasteiger partial charge in [0.1, 0.15) is 6.04 Å². The highest BCUT2D eigenvalue weighted by atomic mass is 16.4. The molecule has 1 amide bonds. The second-order valence-electron chi connectivity index (χ2n) is 5.10. The van der Waals surface area contributed by atoms with Gasteiger partial charge < -0.3 is 20.4 Å². The highest BCUT2D eigenvalue weighted by molar-refractivity contribution is 5.95. The van der Waals surface area contributed by atoms with Gasteiger partial charge in [-0.15, -0.1) is 5.10 Å². The highest BCUT2D eigenvalue weighted by Gasteiger charge is 2.40. The van der Waals surface area contributed by atoms with E-state index in [2.05, 4.69) is 15.6 Å². The van der Waals surface area contributed by atoms with Gasteiger partial charge in [0.25, 0.3) is 5.91 Å². The van der Waals surface area contributed by atoms with E-state index in [9.17, 15) is 14.7 Å². The number of carboxylic acids is 1. The number of hydrogen-bond donors (Lipinski definition) is 3. The molecule has 0 aliphatic carbocycles. The Balaban J connectivity index is 1.77. The molecule has 9 nitrogen and oxygen atoms in total. The SMILES string of the molecule is O=C(O)C1CC(O)CN1C(=O)c1cn(C2CNC2)nn1. The van der Waals surface area contributed by atoms with Crippen LogP contribution in [0.25, 0.3) is 0 Å². The number of nitrogens with zero attached hydrogens (tertiary/aromatic N) is 4. The summed E-state index contributed by atoms with van der Waals surface area (Å²) in [6.45, 7) is 1.56. The minimum atomic E-state index is -1.12. The molecule has 108 valence electrons. The Morgan fingerprint density at radius 2 is 2.15 bits per heavy atom. The third kappa shape index (κ3) is 2.14. The van der Waals surface area contributed by atoms with E-state index < -0.39 is 24.0 Å². The van der Waals surface area contributed by atoms with Crippen LogP contribution in [0.3, 0.4) is 0 Å².